The Morgan fingerprint density at radius 3 is 0.344 bits per heavy atom. The van der Waals surface area contributed by atoms with Crippen molar-refractivity contribution in [2.24, 2.45) is 0 Å². The topological polar surface area (TPSA) is 73.8 Å². The first kappa shape index (κ1) is 103. The van der Waals surface area contributed by atoms with Crippen LogP contribution >= 0.6 is 48.9 Å². The van der Waals surface area contributed by atoms with E-state index in [-0.39, 0.29) is 38.6 Å². The normalized spacial score (nSPS) is 10.7. The summed E-state index contributed by atoms with van der Waals surface area (Å²) in [6.07, 6.45) is 87.8. The molecule has 0 aliphatic rings. The Morgan fingerprint density at radius 1 is 0.172 bits per heavy atom. The largest absolute Gasteiger partial charge is 4.00 e. The molecule has 0 saturated heterocycles. The minimum Gasteiger partial charge on any atom is -0.387 e. The fourth-order valence-electron chi connectivity index (χ4n) is 11.2. The van der Waals surface area contributed by atoms with Crippen LogP contribution in [0, 0.1) is 0 Å². The van der Waals surface area contributed by atoms with Crippen molar-refractivity contribution in [3.8, 4) is 0 Å². The van der Waals surface area contributed by atoms with Crippen LogP contribution in [0.2, 0.25) is 0 Å². The summed E-state index contributed by atoms with van der Waals surface area (Å²) in [7, 11) is 0. The van der Waals surface area contributed by atoms with Crippen LogP contribution in [0.1, 0.15) is 439 Å². The standard InChI is InChI=1S/4C19H38O2S2.Mo/c4*1-2-3-4-5-6-7-8-9-10-11-12-13-14-15-16-17-18-20-21-19(22)23;/h4*2-18H2,1H3,(H,22,23);/q;;;;+4/p-4. The summed E-state index contributed by atoms with van der Waals surface area (Å²) in [5.41, 5.74) is 0. The SMILES string of the molecule is CCCCCCCCCCCCCCCCCCOOC(=S)[S-].CCCCCCCCCCCCCCCCCCOOC(=S)[S-].CCCCCCCCCCCCCCCCCCOOC(=S)[S-].CCCCCCCCCCCCCCCCCCOOC(=S)[S-].[Mo+4]. The van der Waals surface area contributed by atoms with Crippen molar-refractivity contribution in [3.63, 3.8) is 0 Å². The second-order valence-electron chi connectivity index (χ2n) is 25.8. The first-order valence-corrected chi connectivity index (χ1v) is 42.4. The molecule has 0 bridgehead atoms. The van der Waals surface area contributed by atoms with Crippen LogP contribution in [0.15, 0.2) is 0 Å². The zero-order valence-corrected chi connectivity index (χ0v) is 69.6. The summed E-state index contributed by atoms with van der Waals surface area (Å²) in [6, 6.07) is 0. The van der Waals surface area contributed by atoms with Crippen LogP contribution in [-0.2, 0) is 111 Å². The van der Waals surface area contributed by atoms with Gasteiger partial charge < -0.3 is 119 Å². The van der Waals surface area contributed by atoms with Gasteiger partial charge in [-0.15, -0.1) is 0 Å². The number of thiocarbonyl (C=S) groups is 4. The van der Waals surface area contributed by atoms with Gasteiger partial charge in [0.15, 0.2) is 0 Å². The second kappa shape index (κ2) is 99.3. The molecule has 0 fully saturated rings. The molecule has 0 aromatic rings. The molecule has 0 saturated carbocycles. The molecule has 8 nitrogen and oxygen atoms in total. The van der Waals surface area contributed by atoms with Crippen LogP contribution in [0.4, 0.5) is 0 Å². The monoisotopic (exact) mass is 1540 g/mol. The molecule has 0 aliphatic heterocycles. The van der Waals surface area contributed by atoms with E-state index >= 15 is 0 Å². The van der Waals surface area contributed by atoms with Gasteiger partial charge >= 0.3 is 21.1 Å². The van der Waals surface area contributed by atoms with Crippen molar-refractivity contribution >= 4 is 117 Å². The van der Waals surface area contributed by atoms with E-state index in [2.05, 4.69) is 147 Å². The van der Waals surface area contributed by atoms with Gasteiger partial charge in [0.05, 0.1) is 44.0 Å². The molecule has 93 heavy (non-hydrogen) atoms. The minimum absolute atomic E-state index is 0. The Kier molecular flexibility index (Phi) is 110. The molecular formula is C76H148MoO8S8. The maximum absolute atomic E-state index is 4.87. The van der Waals surface area contributed by atoms with Crippen LogP contribution in [0.5, 0.6) is 0 Å². The Morgan fingerprint density at radius 2 is 0.258 bits per heavy atom. The number of rotatable bonds is 72. The minimum atomic E-state index is 0. The number of hydrogen-bond acceptors (Lipinski definition) is 16. The molecule has 0 aromatic heterocycles. The average Bonchev–Trinajstić information content (AvgIpc) is 3.54. The van der Waals surface area contributed by atoms with Gasteiger partial charge in [-0.3, -0.25) is 0 Å². The van der Waals surface area contributed by atoms with Crippen LogP contribution in [0.3, 0.4) is 0 Å². The average molecular weight is 1540 g/mol. The van der Waals surface area contributed by atoms with E-state index < -0.39 is 0 Å². The summed E-state index contributed by atoms with van der Waals surface area (Å²) in [5.74, 6) is 0. The molecule has 0 aliphatic carbocycles. The van der Waals surface area contributed by atoms with E-state index in [1.807, 2.05) is 0 Å². The fourth-order valence-corrected chi connectivity index (χ4v) is 11.6. The Labute approximate surface area is 636 Å². The quantitative estimate of drug-likeness (QED) is 0.0145. The third-order valence-electron chi connectivity index (χ3n) is 16.8. The van der Waals surface area contributed by atoms with Crippen molar-refractivity contribution in [1.29, 1.82) is 0 Å². The Hall–Kier alpha value is 0.968. The smallest absolute Gasteiger partial charge is 0.387 e. The van der Waals surface area contributed by atoms with Gasteiger partial charge in [0, 0.05) is 0 Å². The van der Waals surface area contributed by atoms with Crippen molar-refractivity contribution in [1.82, 2.24) is 0 Å². The molecule has 0 rings (SSSR count). The molecule has 0 atom stereocenters. The zero-order valence-electron chi connectivity index (χ0n) is 61.0. The van der Waals surface area contributed by atoms with Gasteiger partial charge in [-0.25, -0.2) is 0 Å². The second-order valence-corrected chi connectivity index (χ2v) is 29.8. The summed E-state index contributed by atoms with van der Waals surface area (Å²) < 4.78 is 0.172. The molecule has 0 aromatic carbocycles. The Balaban J connectivity index is -0.000000369. The first-order valence-electron chi connectivity index (χ1n) is 39.1. The third kappa shape index (κ3) is 117. The van der Waals surface area contributed by atoms with Crippen LogP contribution in [0.25, 0.3) is 0 Å². The van der Waals surface area contributed by atoms with Gasteiger partial charge in [0.2, 0.25) is 0 Å². The number of unbranched alkanes of at least 4 members (excludes halogenated alkanes) is 60. The van der Waals surface area contributed by atoms with E-state index in [1.54, 1.807) is 0 Å². The van der Waals surface area contributed by atoms with Gasteiger partial charge in [-0.2, -0.15) is 19.6 Å². The van der Waals surface area contributed by atoms with E-state index in [4.69, 9.17) is 19.6 Å². The maximum Gasteiger partial charge on any atom is 4.00 e. The molecule has 0 amide bonds. The zero-order chi connectivity index (χ0) is 68.0. The van der Waals surface area contributed by atoms with E-state index in [0.29, 0.717) is 26.4 Å². The predicted molar refractivity (Wildman–Crippen MR) is 426 cm³/mol. The molecule has 17 heteroatoms. The van der Waals surface area contributed by atoms with E-state index in [0.717, 1.165) is 25.7 Å². The maximum atomic E-state index is 4.87. The van der Waals surface area contributed by atoms with Crippen molar-refractivity contribution < 1.29 is 60.2 Å². The van der Waals surface area contributed by atoms with Crippen molar-refractivity contribution in [3.05, 3.63) is 0 Å². The van der Waals surface area contributed by atoms with Gasteiger partial charge in [-0.1, -0.05) is 413 Å². The van der Waals surface area contributed by atoms with Gasteiger partial charge in [0.25, 0.3) is 0 Å². The molecule has 0 N–H and O–H groups in total. The van der Waals surface area contributed by atoms with Crippen molar-refractivity contribution in [2.75, 3.05) is 26.4 Å². The first-order chi connectivity index (χ1) is 45.1. The molecule has 0 heterocycles. The summed E-state index contributed by atoms with van der Waals surface area (Å²) in [6.45, 7) is 11.5. The molecule has 0 radical (unpaired) electrons. The fraction of sp³-hybridized carbons (Fsp3) is 0.947. The van der Waals surface area contributed by atoms with Gasteiger partial charge in [-0.05, 0) is 25.7 Å². The van der Waals surface area contributed by atoms with Crippen LogP contribution in [-0.4, -0.2) is 44.0 Å². The molecular weight excluding hydrogens is 1390 g/mol. The Bertz CT molecular complexity index is 1200. The predicted octanol–water partition coefficient (Wildman–Crippen LogP) is 28.1. The van der Waals surface area contributed by atoms with Gasteiger partial charge in [0.1, 0.15) is 0 Å². The molecule has 0 spiro atoms. The number of hydrogen-bond donors (Lipinski definition) is 0. The molecule has 554 valence electrons. The third-order valence-corrected chi connectivity index (χ3v) is 17.4. The van der Waals surface area contributed by atoms with Crippen molar-refractivity contribution in [2.45, 2.75) is 439 Å². The van der Waals surface area contributed by atoms with E-state index in [9.17, 15) is 0 Å². The summed E-state index contributed by atoms with van der Waals surface area (Å²) >= 11 is 36.6. The van der Waals surface area contributed by atoms with Crippen LogP contribution < -0.4 is 0 Å². The van der Waals surface area contributed by atoms with E-state index in [1.165, 1.54) is 385 Å². The molecule has 0 unspecified atom stereocenters. The summed E-state index contributed by atoms with van der Waals surface area (Å²) in [5, 5.41) is 0. The summed E-state index contributed by atoms with van der Waals surface area (Å²) in [4.78, 5) is 37.9.